The fourth-order valence-electron chi connectivity index (χ4n) is 1.98. The van der Waals surface area contributed by atoms with Gasteiger partial charge in [0.05, 0.1) is 18.1 Å². The Hall–Kier alpha value is -1.51. The molecule has 0 radical (unpaired) electrons. The third kappa shape index (κ3) is 2.43. The van der Waals surface area contributed by atoms with Crippen LogP contribution in [0.2, 0.25) is 0 Å². The first-order valence-corrected chi connectivity index (χ1v) is 5.91. The minimum Gasteiger partial charge on any atom is -0.292 e. The van der Waals surface area contributed by atoms with Crippen LogP contribution in [0.4, 0.5) is 10.1 Å². The summed E-state index contributed by atoms with van der Waals surface area (Å²) in [4.78, 5) is 16.0. The molecule has 2 nitrogen and oxygen atoms in total. The molecule has 0 aliphatic carbocycles. The maximum atomic E-state index is 12.3. The van der Waals surface area contributed by atoms with Crippen molar-refractivity contribution in [3.05, 3.63) is 29.3 Å². The highest BCUT2D eigenvalue weighted by molar-refractivity contribution is 6.41. The zero-order chi connectivity index (χ0) is 12.4. The molecule has 1 aromatic rings. The van der Waals surface area contributed by atoms with E-state index in [0.717, 1.165) is 11.3 Å². The van der Waals surface area contributed by atoms with Gasteiger partial charge in [-0.25, -0.2) is 4.99 Å². The fourth-order valence-corrected chi connectivity index (χ4v) is 1.98. The minimum absolute atomic E-state index is 0.0453. The Balaban J connectivity index is 2.38. The summed E-state index contributed by atoms with van der Waals surface area (Å²) in [7, 11) is 0. The van der Waals surface area contributed by atoms with Gasteiger partial charge in [-0.2, -0.15) is 0 Å². The van der Waals surface area contributed by atoms with Crippen LogP contribution in [0.25, 0.3) is 0 Å². The SMILES string of the molecule is CC(C)c1ccc2c(c1)CC(=O)C(CCF)=N2. The van der Waals surface area contributed by atoms with Crippen LogP contribution in [0, 0.1) is 0 Å². The van der Waals surface area contributed by atoms with Gasteiger partial charge in [-0.3, -0.25) is 9.18 Å². The summed E-state index contributed by atoms with van der Waals surface area (Å²) in [6, 6.07) is 5.98. The van der Waals surface area contributed by atoms with E-state index in [4.69, 9.17) is 0 Å². The van der Waals surface area contributed by atoms with Crippen molar-refractivity contribution in [2.45, 2.75) is 32.6 Å². The van der Waals surface area contributed by atoms with Gasteiger partial charge in [-0.1, -0.05) is 26.0 Å². The number of benzene rings is 1. The third-order valence-electron chi connectivity index (χ3n) is 3.03. The Labute approximate surface area is 101 Å². The molecular weight excluding hydrogens is 217 g/mol. The zero-order valence-corrected chi connectivity index (χ0v) is 10.2. The van der Waals surface area contributed by atoms with E-state index in [-0.39, 0.29) is 12.2 Å². The Morgan fingerprint density at radius 1 is 1.41 bits per heavy atom. The lowest BCUT2D eigenvalue weighted by molar-refractivity contribution is -0.112. The molecule has 0 unspecified atom stereocenters. The molecule has 90 valence electrons. The number of ketones is 1. The molecule has 1 heterocycles. The number of fused-ring (bicyclic) bond motifs is 1. The number of aliphatic imine (C=N–C) groups is 1. The van der Waals surface area contributed by atoms with E-state index in [0.29, 0.717) is 18.1 Å². The van der Waals surface area contributed by atoms with E-state index in [1.807, 2.05) is 18.2 Å². The summed E-state index contributed by atoms with van der Waals surface area (Å²) in [5.74, 6) is 0.391. The molecule has 0 amide bonds. The summed E-state index contributed by atoms with van der Waals surface area (Å²) >= 11 is 0. The van der Waals surface area contributed by atoms with Crippen LogP contribution in [0.1, 0.15) is 37.3 Å². The van der Waals surface area contributed by atoms with Gasteiger partial charge in [-0.05, 0) is 23.1 Å². The number of halogens is 1. The zero-order valence-electron chi connectivity index (χ0n) is 10.2. The molecular formula is C14H16FNO. The van der Waals surface area contributed by atoms with Crippen LogP contribution in [-0.2, 0) is 11.2 Å². The van der Waals surface area contributed by atoms with Crippen molar-refractivity contribution in [1.82, 2.24) is 0 Å². The molecule has 0 spiro atoms. The molecule has 17 heavy (non-hydrogen) atoms. The second-order valence-electron chi connectivity index (χ2n) is 4.64. The second kappa shape index (κ2) is 4.78. The summed E-state index contributed by atoms with van der Waals surface area (Å²) in [6.45, 7) is 3.71. The van der Waals surface area contributed by atoms with Crippen LogP contribution < -0.4 is 0 Å². The average molecular weight is 233 g/mol. The molecule has 3 heteroatoms. The number of nitrogens with zero attached hydrogens (tertiary/aromatic N) is 1. The minimum atomic E-state index is -0.524. The smallest absolute Gasteiger partial charge is 0.181 e. The molecule has 0 fully saturated rings. The van der Waals surface area contributed by atoms with Gasteiger partial charge in [0.2, 0.25) is 0 Å². The maximum Gasteiger partial charge on any atom is 0.181 e. The first-order valence-electron chi connectivity index (χ1n) is 5.91. The van der Waals surface area contributed by atoms with Crippen molar-refractivity contribution in [1.29, 1.82) is 0 Å². The molecule has 1 aliphatic rings. The van der Waals surface area contributed by atoms with Crippen molar-refractivity contribution in [2.75, 3.05) is 6.67 Å². The van der Waals surface area contributed by atoms with E-state index in [1.54, 1.807) is 0 Å². The topological polar surface area (TPSA) is 29.4 Å². The number of hydrogen-bond acceptors (Lipinski definition) is 2. The lowest BCUT2D eigenvalue weighted by Gasteiger charge is -2.16. The van der Waals surface area contributed by atoms with Gasteiger partial charge in [0, 0.05) is 12.8 Å². The predicted octanol–water partition coefficient (Wildman–Crippen LogP) is 3.37. The molecule has 0 N–H and O–H groups in total. The van der Waals surface area contributed by atoms with Crippen molar-refractivity contribution >= 4 is 17.2 Å². The van der Waals surface area contributed by atoms with E-state index in [9.17, 15) is 9.18 Å². The maximum absolute atomic E-state index is 12.3. The molecule has 2 rings (SSSR count). The van der Waals surface area contributed by atoms with Crippen molar-refractivity contribution in [3.63, 3.8) is 0 Å². The van der Waals surface area contributed by atoms with Crippen LogP contribution >= 0.6 is 0 Å². The Morgan fingerprint density at radius 3 is 2.82 bits per heavy atom. The Bertz CT molecular complexity index is 477. The molecule has 0 saturated heterocycles. The Kier molecular flexibility index (Phi) is 3.36. The molecule has 0 saturated carbocycles. The number of rotatable bonds is 3. The second-order valence-corrected chi connectivity index (χ2v) is 4.64. The Morgan fingerprint density at radius 2 is 2.18 bits per heavy atom. The van der Waals surface area contributed by atoms with Crippen LogP contribution in [-0.4, -0.2) is 18.2 Å². The lowest BCUT2D eigenvalue weighted by Crippen LogP contribution is -2.20. The number of carbonyl (C=O) groups is 1. The lowest BCUT2D eigenvalue weighted by atomic mass is 9.94. The van der Waals surface area contributed by atoms with Crippen LogP contribution in [0.3, 0.4) is 0 Å². The highest BCUT2D eigenvalue weighted by atomic mass is 19.1. The van der Waals surface area contributed by atoms with Crippen molar-refractivity contribution in [3.8, 4) is 0 Å². The van der Waals surface area contributed by atoms with E-state index in [2.05, 4.69) is 18.8 Å². The van der Waals surface area contributed by atoms with Gasteiger partial charge in [-0.15, -0.1) is 0 Å². The highest BCUT2D eigenvalue weighted by Gasteiger charge is 2.20. The van der Waals surface area contributed by atoms with Crippen molar-refractivity contribution in [2.24, 2.45) is 4.99 Å². The monoisotopic (exact) mass is 233 g/mol. The van der Waals surface area contributed by atoms with Gasteiger partial charge >= 0.3 is 0 Å². The van der Waals surface area contributed by atoms with E-state index >= 15 is 0 Å². The normalized spacial score (nSPS) is 14.8. The van der Waals surface area contributed by atoms with E-state index < -0.39 is 6.67 Å². The number of hydrogen-bond donors (Lipinski definition) is 0. The van der Waals surface area contributed by atoms with E-state index in [1.165, 1.54) is 5.56 Å². The number of carbonyl (C=O) groups excluding carboxylic acids is 1. The van der Waals surface area contributed by atoms with Crippen LogP contribution in [0.15, 0.2) is 23.2 Å². The average Bonchev–Trinajstić information content (AvgIpc) is 2.29. The first-order chi connectivity index (χ1) is 8.11. The van der Waals surface area contributed by atoms with Gasteiger partial charge in [0.1, 0.15) is 0 Å². The number of Topliss-reactive ketones (excluding diaryl/α,β-unsaturated/α-hetero) is 1. The third-order valence-corrected chi connectivity index (χ3v) is 3.03. The quantitative estimate of drug-likeness (QED) is 0.787. The number of alkyl halides is 1. The summed E-state index contributed by atoms with van der Waals surface area (Å²) in [6.07, 6.45) is 0.485. The summed E-state index contributed by atoms with van der Waals surface area (Å²) in [5, 5.41) is 0. The fraction of sp³-hybridized carbons (Fsp3) is 0.429. The van der Waals surface area contributed by atoms with Gasteiger partial charge in [0.15, 0.2) is 5.78 Å². The highest BCUT2D eigenvalue weighted by Crippen LogP contribution is 2.28. The van der Waals surface area contributed by atoms with Gasteiger partial charge < -0.3 is 0 Å². The standard InChI is InChI=1S/C14H16FNO/c1-9(2)10-3-4-12-11(7-10)8-14(17)13(16-12)5-6-15/h3-4,7,9H,5-6,8H2,1-2H3. The van der Waals surface area contributed by atoms with Crippen LogP contribution in [0.5, 0.6) is 0 Å². The summed E-state index contributed by atoms with van der Waals surface area (Å²) < 4.78 is 12.3. The molecule has 1 aromatic carbocycles. The molecule has 0 aromatic heterocycles. The van der Waals surface area contributed by atoms with Gasteiger partial charge in [0.25, 0.3) is 0 Å². The first kappa shape index (κ1) is 12.0. The largest absolute Gasteiger partial charge is 0.292 e. The molecule has 0 bridgehead atoms. The molecule has 1 aliphatic heterocycles. The van der Waals surface area contributed by atoms with Crippen molar-refractivity contribution < 1.29 is 9.18 Å². The molecule has 0 atom stereocenters. The predicted molar refractivity (Wildman–Crippen MR) is 66.9 cm³/mol. The summed E-state index contributed by atoms with van der Waals surface area (Å²) in [5.41, 5.74) is 3.36.